The molecule has 0 rings (SSSR count). The van der Waals surface area contributed by atoms with Crippen LogP contribution < -0.4 is 0 Å². The van der Waals surface area contributed by atoms with E-state index in [9.17, 15) is 30.7 Å². The van der Waals surface area contributed by atoms with E-state index >= 15 is 0 Å². The van der Waals surface area contributed by atoms with Gasteiger partial charge in [-0.1, -0.05) is 0 Å². The van der Waals surface area contributed by atoms with Crippen molar-refractivity contribution in [1.29, 1.82) is 0 Å². The Morgan fingerprint density at radius 3 is 1.45 bits per heavy atom. The van der Waals surface area contributed by atoms with Gasteiger partial charge in [-0.15, -0.1) is 0 Å². The molecule has 7 heteroatoms. The number of hydrogen-bond donors (Lipinski definition) is 0. The summed E-state index contributed by atoms with van der Waals surface area (Å²) >= 11 is 0. The molecule has 0 heterocycles. The Morgan fingerprint density at radius 2 is 1.36 bits per heavy atom. The van der Waals surface area contributed by atoms with Crippen LogP contribution in [0.4, 0.5) is 30.7 Å². The summed E-state index contributed by atoms with van der Waals surface area (Å²) in [5.41, 5.74) is 0. The zero-order valence-electron chi connectivity index (χ0n) is 4.72. The molecular formula is C4HF7. The second kappa shape index (κ2) is 2.86. The molecule has 0 amide bonds. The quantitative estimate of drug-likeness (QED) is 0.588. The molecule has 0 aliphatic heterocycles. The van der Waals surface area contributed by atoms with Gasteiger partial charge in [0, 0.05) is 0 Å². The first-order valence-electron chi connectivity index (χ1n) is 2.14. The lowest BCUT2D eigenvalue weighted by Gasteiger charge is -2.20. The molecule has 2 radical (unpaired) electrons. The van der Waals surface area contributed by atoms with Crippen molar-refractivity contribution in [3.05, 3.63) is 13.1 Å². The molecule has 0 unspecified atom stereocenters. The fraction of sp³-hybridized carbons (Fsp3) is 0.500. The van der Waals surface area contributed by atoms with Crippen molar-refractivity contribution >= 4 is 0 Å². The minimum absolute atomic E-state index is 1.77. The first-order chi connectivity index (χ1) is 4.75. The summed E-state index contributed by atoms with van der Waals surface area (Å²) in [7, 11) is 0. The van der Waals surface area contributed by atoms with Crippen molar-refractivity contribution in [2.45, 2.75) is 11.8 Å². The first kappa shape index (κ1) is 10.5. The van der Waals surface area contributed by atoms with Gasteiger partial charge in [0.15, 0.2) is 0 Å². The number of alkyl halides is 4. The molecule has 0 saturated heterocycles. The van der Waals surface area contributed by atoms with E-state index in [0.29, 0.717) is 0 Å². The third kappa shape index (κ3) is 1.75. The van der Waals surface area contributed by atoms with Gasteiger partial charge in [0.2, 0.25) is 6.67 Å². The van der Waals surface area contributed by atoms with Gasteiger partial charge in [-0.3, -0.25) is 0 Å². The van der Waals surface area contributed by atoms with Crippen LogP contribution in [-0.2, 0) is 0 Å². The Balaban J connectivity index is 4.53. The second-order valence-corrected chi connectivity index (χ2v) is 1.57. The summed E-state index contributed by atoms with van der Waals surface area (Å²) in [5, 5.41) is 0. The van der Waals surface area contributed by atoms with Gasteiger partial charge in [-0.2, -0.15) is 26.3 Å². The first-order valence-corrected chi connectivity index (χ1v) is 2.14. The zero-order chi connectivity index (χ0) is 9.28. The van der Waals surface area contributed by atoms with Gasteiger partial charge in [0.1, 0.15) is 0 Å². The van der Waals surface area contributed by atoms with Crippen LogP contribution in [0.3, 0.4) is 0 Å². The highest BCUT2D eigenvalue weighted by Gasteiger charge is 2.64. The Morgan fingerprint density at radius 1 is 1.00 bits per heavy atom. The molecular weight excluding hydrogens is 181 g/mol. The predicted octanol–water partition coefficient (Wildman–Crippen LogP) is 2.82. The normalized spacial score (nSPS) is 14.2. The van der Waals surface area contributed by atoms with Crippen LogP contribution in [-0.4, -0.2) is 11.8 Å². The average Bonchev–Trinajstić information content (AvgIpc) is 1.87. The molecule has 0 aromatic rings. The Hall–Kier alpha value is -0.490. The summed E-state index contributed by atoms with van der Waals surface area (Å²) in [6.07, 6.45) is -3.82. The maximum absolute atomic E-state index is 11.5. The third-order valence-corrected chi connectivity index (χ3v) is 0.793. The largest absolute Gasteiger partial charge is 0.384 e. The van der Waals surface area contributed by atoms with Crippen molar-refractivity contribution in [3.8, 4) is 0 Å². The fourth-order valence-corrected chi connectivity index (χ4v) is 0.194. The predicted molar refractivity (Wildman–Crippen MR) is 20.8 cm³/mol. The van der Waals surface area contributed by atoms with Crippen LogP contribution in [0.25, 0.3) is 0 Å². The number of halogens is 7. The van der Waals surface area contributed by atoms with E-state index in [4.69, 9.17) is 0 Å². The molecule has 0 aromatic heterocycles. The van der Waals surface area contributed by atoms with Crippen molar-refractivity contribution in [2.75, 3.05) is 0 Å². The van der Waals surface area contributed by atoms with Crippen molar-refractivity contribution in [1.82, 2.24) is 0 Å². The topological polar surface area (TPSA) is 0 Å². The van der Waals surface area contributed by atoms with Crippen LogP contribution >= 0.6 is 0 Å². The average molecular weight is 182 g/mol. The summed E-state index contributed by atoms with van der Waals surface area (Å²) < 4.78 is 78.9. The standard InChI is InChI=1S/C4HF7/c5-1-3(8,9)4(10,11)2(6)7/h1H. The minimum atomic E-state index is -5.73. The zero-order valence-corrected chi connectivity index (χ0v) is 4.72. The Labute approximate surface area is 57.0 Å². The summed E-state index contributed by atoms with van der Waals surface area (Å²) in [5.74, 6) is -11.2. The summed E-state index contributed by atoms with van der Waals surface area (Å²) in [6.45, 7) is -1.77. The van der Waals surface area contributed by atoms with Gasteiger partial charge in [-0.05, 0) is 0 Å². The molecule has 66 valence electrons. The van der Waals surface area contributed by atoms with Gasteiger partial charge in [-0.25, -0.2) is 4.39 Å². The number of rotatable bonds is 3. The van der Waals surface area contributed by atoms with Gasteiger partial charge < -0.3 is 0 Å². The Kier molecular flexibility index (Phi) is 2.74. The van der Waals surface area contributed by atoms with Crippen LogP contribution in [0.15, 0.2) is 0 Å². The van der Waals surface area contributed by atoms with Crippen LogP contribution in [0.2, 0.25) is 0 Å². The van der Waals surface area contributed by atoms with E-state index in [1.807, 2.05) is 0 Å². The molecule has 0 aliphatic rings. The molecule has 0 N–H and O–H groups in total. The van der Waals surface area contributed by atoms with Crippen LogP contribution in [0.1, 0.15) is 0 Å². The summed E-state index contributed by atoms with van der Waals surface area (Å²) in [6, 6.07) is 0. The van der Waals surface area contributed by atoms with E-state index in [-0.39, 0.29) is 0 Å². The maximum Gasteiger partial charge on any atom is 0.384 e. The van der Waals surface area contributed by atoms with E-state index in [2.05, 4.69) is 0 Å². The number of hydrogen-bond acceptors (Lipinski definition) is 0. The lowest BCUT2D eigenvalue weighted by Crippen LogP contribution is -2.42. The van der Waals surface area contributed by atoms with Crippen LogP contribution in [0, 0.1) is 13.1 Å². The smallest absolute Gasteiger partial charge is 0.237 e. The molecule has 0 aromatic carbocycles. The van der Waals surface area contributed by atoms with Gasteiger partial charge >= 0.3 is 18.3 Å². The fourth-order valence-electron chi connectivity index (χ4n) is 0.194. The van der Waals surface area contributed by atoms with E-state index in [0.717, 1.165) is 0 Å². The van der Waals surface area contributed by atoms with E-state index in [1.54, 1.807) is 0 Å². The molecule has 0 nitrogen and oxygen atoms in total. The third-order valence-electron chi connectivity index (χ3n) is 0.793. The van der Waals surface area contributed by atoms with E-state index in [1.165, 1.54) is 0 Å². The molecule has 0 atom stereocenters. The van der Waals surface area contributed by atoms with Gasteiger partial charge in [0.05, 0.1) is 0 Å². The maximum atomic E-state index is 11.5. The monoisotopic (exact) mass is 182 g/mol. The second-order valence-electron chi connectivity index (χ2n) is 1.57. The van der Waals surface area contributed by atoms with Crippen molar-refractivity contribution < 1.29 is 30.7 Å². The van der Waals surface area contributed by atoms with E-state index < -0.39 is 24.9 Å². The Bertz CT molecular complexity index is 128. The highest BCUT2D eigenvalue weighted by atomic mass is 19.3. The minimum Gasteiger partial charge on any atom is -0.237 e. The lowest BCUT2D eigenvalue weighted by molar-refractivity contribution is -0.218. The molecule has 0 saturated carbocycles. The molecule has 0 bridgehead atoms. The molecule has 11 heavy (non-hydrogen) atoms. The highest BCUT2D eigenvalue weighted by molar-refractivity contribution is 4.99. The lowest BCUT2D eigenvalue weighted by atomic mass is 10.2. The molecule has 0 spiro atoms. The highest BCUT2D eigenvalue weighted by Crippen LogP contribution is 2.44. The molecule has 0 aliphatic carbocycles. The summed E-state index contributed by atoms with van der Waals surface area (Å²) in [4.78, 5) is 0. The van der Waals surface area contributed by atoms with Crippen molar-refractivity contribution in [3.63, 3.8) is 0 Å². The van der Waals surface area contributed by atoms with Crippen molar-refractivity contribution in [2.24, 2.45) is 0 Å². The van der Waals surface area contributed by atoms with Gasteiger partial charge in [0.25, 0.3) is 0 Å². The van der Waals surface area contributed by atoms with Crippen LogP contribution in [0.5, 0.6) is 0 Å². The SMILES string of the molecule is F[CH]C(F)(F)C(F)(F)[C](F)F. The molecule has 0 fully saturated rings.